The fraction of sp³-hybridized carbons (Fsp3) is 0.276. The van der Waals surface area contributed by atoms with Crippen LogP contribution < -0.4 is 28.4 Å². The van der Waals surface area contributed by atoms with E-state index >= 15 is 0 Å². The minimum absolute atomic E-state index is 0.176. The van der Waals surface area contributed by atoms with Crippen LogP contribution in [0.4, 0.5) is 0 Å². The van der Waals surface area contributed by atoms with Crippen molar-refractivity contribution in [3.8, 4) is 34.5 Å². The van der Waals surface area contributed by atoms with Crippen molar-refractivity contribution in [2.75, 3.05) is 41.7 Å². The van der Waals surface area contributed by atoms with Crippen molar-refractivity contribution in [1.82, 2.24) is 4.90 Å². The van der Waals surface area contributed by atoms with Gasteiger partial charge in [0.15, 0.2) is 28.8 Å². The molecule has 8 heteroatoms. The van der Waals surface area contributed by atoms with E-state index in [1.807, 2.05) is 36.4 Å². The van der Waals surface area contributed by atoms with Gasteiger partial charge in [0.05, 0.1) is 39.6 Å². The second-order valence-electron chi connectivity index (χ2n) is 8.71. The van der Waals surface area contributed by atoms with Crippen molar-refractivity contribution >= 4 is 11.9 Å². The zero-order valence-electron chi connectivity index (χ0n) is 21.3. The van der Waals surface area contributed by atoms with E-state index in [-0.39, 0.29) is 11.5 Å². The summed E-state index contributed by atoms with van der Waals surface area (Å²) in [5.74, 6) is 3.86. The highest BCUT2D eigenvalue weighted by molar-refractivity contribution is 6.15. The number of nitrogens with zero attached hydrogens (tertiary/aromatic N) is 1. The molecule has 37 heavy (non-hydrogen) atoms. The molecule has 0 N–H and O–H groups in total. The second kappa shape index (κ2) is 10.4. The standard InChI is InChI=1S/C29H29NO7/c1-32-23-10-8-18(14-25(23)34-3)12-13-30-16-21-22(36-17-30)11-9-20-27(31)26(37-29(20)21)15-19-6-5-7-24(33-2)28(19)35-4/h5-11,14-15H,12-13,16-17H2,1-4H3/b26-15-. The number of hydrogen-bond donors (Lipinski definition) is 0. The molecule has 8 nitrogen and oxygen atoms in total. The topological polar surface area (TPSA) is 75.7 Å². The van der Waals surface area contributed by atoms with Crippen molar-refractivity contribution in [3.63, 3.8) is 0 Å². The Morgan fingerprint density at radius 2 is 1.73 bits per heavy atom. The van der Waals surface area contributed by atoms with Crippen LogP contribution in [0.15, 0.2) is 54.3 Å². The van der Waals surface area contributed by atoms with Gasteiger partial charge in [0.25, 0.3) is 0 Å². The summed E-state index contributed by atoms with van der Waals surface area (Å²) in [6.45, 7) is 1.82. The Kier molecular flexibility index (Phi) is 6.92. The lowest BCUT2D eigenvalue weighted by Gasteiger charge is -2.29. The molecule has 0 unspecified atom stereocenters. The van der Waals surface area contributed by atoms with Gasteiger partial charge in [-0.2, -0.15) is 0 Å². The Morgan fingerprint density at radius 3 is 2.49 bits per heavy atom. The number of hydrogen-bond acceptors (Lipinski definition) is 8. The molecule has 2 heterocycles. The molecule has 0 saturated carbocycles. The minimum Gasteiger partial charge on any atom is -0.493 e. The molecular formula is C29H29NO7. The first kappa shape index (κ1) is 24.5. The molecule has 0 aromatic heterocycles. The zero-order valence-corrected chi connectivity index (χ0v) is 21.3. The first-order valence-corrected chi connectivity index (χ1v) is 11.9. The number of carbonyl (C=O) groups is 1. The maximum Gasteiger partial charge on any atom is 0.231 e. The predicted molar refractivity (Wildman–Crippen MR) is 138 cm³/mol. The number of ether oxygens (including phenoxy) is 6. The monoisotopic (exact) mass is 503 g/mol. The molecule has 0 spiro atoms. The van der Waals surface area contributed by atoms with Crippen LogP contribution in [-0.4, -0.2) is 52.4 Å². The first-order valence-electron chi connectivity index (χ1n) is 11.9. The molecule has 0 radical (unpaired) electrons. The van der Waals surface area contributed by atoms with E-state index in [0.717, 1.165) is 29.8 Å². The third kappa shape index (κ3) is 4.68. The number of methoxy groups -OCH3 is 4. The molecule has 2 aliphatic rings. The fourth-order valence-electron chi connectivity index (χ4n) is 4.64. The Hall–Kier alpha value is -4.17. The summed E-state index contributed by atoms with van der Waals surface area (Å²) in [6, 6.07) is 15.0. The molecule has 3 aromatic carbocycles. The van der Waals surface area contributed by atoms with E-state index in [1.54, 1.807) is 46.6 Å². The quantitative estimate of drug-likeness (QED) is 0.409. The highest BCUT2D eigenvalue weighted by atomic mass is 16.5. The van der Waals surface area contributed by atoms with Crippen LogP contribution in [0.5, 0.6) is 34.5 Å². The summed E-state index contributed by atoms with van der Waals surface area (Å²) in [5, 5.41) is 0. The molecule has 0 amide bonds. The number of ketones is 1. The van der Waals surface area contributed by atoms with E-state index in [1.165, 1.54) is 0 Å². The number of para-hydroxylation sites is 1. The van der Waals surface area contributed by atoms with Crippen LogP contribution in [-0.2, 0) is 13.0 Å². The third-order valence-corrected chi connectivity index (χ3v) is 6.57. The van der Waals surface area contributed by atoms with E-state index in [4.69, 9.17) is 28.4 Å². The van der Waals surface area contributed by atoms with E-state index in [9.17, 15) is 4.79 Å². The van der Waals surface area contributed by atoms with Crippen LogP contribution in [0, 0.1) is 0 Å². The summed E-state index contributed by atoms with van der Waals surface area (Å²) in [6.07, 6.45) is 2.49. The molecule has 0 bridgehead atoms. The van der Waals surface area contributed by atoms with Crippen LogP contribution in [0.1, 0.15) is 27.0 Å². The van der Waals surface area contributed by atoms with Gasteiger partial charge in [-0.05, 0) is 48.4 Å². The van der Waals surface area contributed by atoms with Crippen molar-refractivity contribution in [2.24, 2.45) is 0 Å². The van der Waals surface area contributed by atoms with E-state index < -0.39 is 0 Å². The normalized spacial score (nSPS) is 15.5. The molecule has 0 saturated heterocycles. The molecular weight excluding hydrogens is 474 g/mol. The SMILES string of the molecule is COc1ccc(CCN2COc3ccc4c(c3C2)O/C(=C\c2cccc(OC)c2OC)C4=O)cc1OC. The average molecular weight is 504 g/mol. The Bertz CT molecular complexity index is 1360. The van der Waals surface area contributed by atoms with Crippen LogP contribution in [0.3, 0.4) is 0 Å². The van der Waals surface area contributed by atoms with Gasteiger partial charge in [-0.1, -0.05) is 18.2 Å². The Morgan fingerprint density at radius 1 is 0.919 bits per heavy atom. The highest BCUT2D eigenvalue weighted by Crippen LogP contribution is 2.43. The van der Waals surface area contributed by atoms with Crippen LogP contribution in [0.25, 0.3) is 6.08 Å². The number of rotatable bonds is 8. The van der Waals surface area contributed by atoms with Crippen LogP contribution in [0.2, 0.25) is 0 Å². The molecule has 0 fully saturated rings. The van der Waals surface area contributed by atoms with Gasteiger partial charge in [0.2, 0.25) is 5.78 Å². The van der Waals surface area contributed by atoms with Gasteiger partial charge < -0.3 is 28.4 Å². The fourth-order valence-corrected chi connectivity index (χ4v) is 4.64. The first-order chi connectivity index (χ1) is 18.1. The molecule has 0 aliphatic carbocycles. The van der Waals surface area contributed by atoms with Crippen LogP contribution >= 0.6 is 0 Å². The summed E-state index contributed by atoms with van der Waals surface area (Å²) < 4.78 is 33.8. The van der Waals surface area contributed by atoms with E-state index in [0.29, 0.717) is 53.2 Å². The summed E-state index contributed by atoms with van der Waals surface area (Å²) in [4.78, 5) is 15.4. The molecule has 2 aliphatic heterocycles. The number of allylic oxidation sites excluding steroid dienone is 1. The van der Waals surface area contributed by atoms with Crippen molar-refractivity contribution in [2.45, 2.75) is 13.0 Å². The molecule has 3 aromatic rings. The average Bonchev–Trinajstić information content (AvgIpc) is 3.26. The highest BCUT2D eigenvalue weighted by Gasteiger charge is 2.34. The largest absolute Gasteiger partial charge is 0.493 e. The van der Waals surface area contributed by atoms with Crippen molar-refractivity contribution in [1.29, 1.82) is 0 Å². The maximum absolute atomic E-state index is 13.2. The number of fused-ring (bicyclic) bond motifs is 3. The smallest absolute Gasteiger partial charge is 0.231 e. The van der Waals surface area contributed by atoms with Crippen molar-refractivity contribution < 1.29 is 33.2 Å². The number of benzene rings is 3. The second-order valence-corrected chi connectivity index (χ2v) is 8.71. The third-order valence-electron chi connectivity index (χ3n) is 6.57. The van der Waals surface area contributed by atoms with Gasteiger partial charge in [0, 0.05) is 18.7 Å². The summed E-state index contributed by atoms with van der Waals surface area (Å²) in [5.41, 5.74) is 3.22. The minimum atomic E-state index is -0.176. The molecule has 5 rings (SSSR count). The van der Waals surface area contributed by atoms with Gasteiger partial charge >= 0.3 is 0 Å². The molecule has 192 valence electrons. The molecule has 0 atom stereocenters. The van der Waals surface area contributed by atoms with Gasteiger partial charge in [0.1, 0.15) is 18.2 Å². The number of Topliss-reactive ketones (excluding diaryl/α,β-unsaturated/α-hetero) is 1. The van der Waals surface area contributed by atoms with Gasteiger partial charge in [-0.3, -0.25) is 9.69 Å². The predicted octanol–water partition coefficient (Wildman–Crippen LogP) is 4.73. The lowest BCUT2D eigenvalue weighted by atomic mass is 10.0. The van der Waals surface area contributed by atoms with Gasteiger partial charge in [-0.15, -0.1) is 0 Å². The lowest BCUT2D eigenvalue weighted by molar-refractivity contribution is 0.0949. The summed E-state index contributed by atoms with van der Waals surface area (Å²) in [7, 11) is 6.40. The Balaban J connectivity index is 1.35. The van der Waals surface area contributed by atoms with Crippen molar-refractivity contribution in [3.05, 3.63) is 76.5 Å². The Labute approximate surface area is 215 Å². The van der Waals surface area contributed by atoms with E-state index in [2.05, 4.69) is 4.90 Å². The van der Waals surface area contributed by atoms with Gasteiger partial charge in [-0.25, -0.2) is 0 Å². The summed E-state index contributed by atoms with van der Waals surface area (Å²) >= 11 is 0. The number of carbonyl (C=O) groups excluding carboxylic acids is 1. The lowest BCUT2D eigenvalue weighted by Crippen LogP contribution is -2.33. The maximum atomic E-state index is 13.2. The zero-order chi connectivity index (χ0) is 25.9.